The SMILES string of the molecule is O=C(/C=C/N1CCOCC1)c1ccc(Cl)cc1. The maximum atomic E-state index is 11.8. The lowest BCUT2D eigenvalue weighted by molar-refractivity contribution is 0.0591. The Labute approximate surface area is 106 Å². The number of carbonyl (C=O) groups excluding carboxylic acids is 1. The first-order valence-corrected chi connectivity index (χ1v) is 5.93. The van der Waals surface area contributed by atoms with Gasteiger partial charge >= 0.3 is 0 Å². The standard InChI is InChI=1S/C13H14ClNO2/c14-12-3-1-11(2-4-12)13(16)5-6-15-7-9-17-10-8-15/h1-6H,7-10H2/b6-5+. The molecule has 1 fully saturated rings. The van der Waals surface area contributed by atoms with Crippen LogP contribution in [0, 0.1) is 0 Å². The molecule has 1 aromatic rings. The third-order valence-corrected chi connectivity index (χ3v) is 2.86. The van der Waals surface area contributed by atoms with Crippen LogP contribution >= 0.6 is 11.6 Å². The maximum absolute atomic E-state index is 11.8. The number of morpholine rings is 1. The number of hydrogen-bond donors (Lipinski definition) is 0. The van der Waals surface area contributed by atoms with Crippen molar-refractivity contribution in [2.75, 3.05) is 26.3 Å². The summed E-state index contributed by atoms with van der Waals surface area (Å²) >= 11 is 5.76. The van der Waals surface area contributed by atoms with E-state index in [-0.39, 0.29) is 5.78 Å². The molecule has 0 amide bonds. The van der Waals surface area contributed by atoms with Gasteiger partial charge in [-0.1, -0.05) is 11.6 Å². The van der Waals surface area contributed by atoms with Gasteiger partial charge in [0.05, 0.1) is 13.2 Å². The van der Waals surface area contributed by atoms with E-state index in [9.17, 15) is 4.79 Å². The Kier molecular flexibility index (Phi) is 4.18. The van der Waals surface area contributed by atoms with Crippen molar-refractivity contribution in [3.8, 4) is 0 Å². The summed E-state index contributed by atoms with van der Waals surface area (Å²) in [7, 11) is 0. The third kappa shape index (κ3) is 3.58. The predicted octanol–water partition coefficient (Wildman–Crippen LogP) is 2.37. The molecule has 0 aliphatic carbocycles. The number of carbonyl (C=O) groups is 1. The van der Waals surface area contributed by atoms with Crippen LogP contribution in [0.5, 0.6) is 0 Å². The molecule has 1 aliphatic rings. The minimum Gasteiger partial charge on any atom is -0.378 e. The second-order valence-corrected chi connectivity index (χ2v) is 4.27. The van der Waals surface area contributed by atoms with Gasteiger partial charge in [-0.25, -0.2) is 0 Å². The summed E-state index contributed by atoms with van der Waals surface area (Å²) in [6.45, 7) is 3.12. The van der Waals surface area contributed by atoms with Gasteiger partial charge in [-0.05, 0) is 24.3 Å². The molecule has 90 valence electrons. The molecule has 2 rings (SSSR count). The smallest absolute Gasteiger partial charge is 0.187 e. The van der Waals surface area contributed by atoms with Gasteiger partial charge in [-0.15, -0.1) is 0 Å². The molecule has 0 saturated carbocycles. The summed E-state index contributed by atoms with van der Waals surface area (Å²) < 4.78 is 5.23. The van der Waals surface area contributed by atoms with Crippen molar-refractivity contribution in [3.63, 3.8) is 0 Å². The first-order valence-electron chi connectivity index (χ1n) is 5.55. The van der Waals surface area contributed by atoms with Crippen LogP contribution in [0.15, 0.2) is 36.5 Å². The number of benzene rings is 1. The summed E-state index contributed by atoms with van der Waals surface area (Å²) in [4.78, 5) is 13.9. The largest absolute Gasteiger partial charge is 0.378 e. The van der Waals surface area contributed by atoms with Crippen LogP contribution in [0.25, 0.3) is 0 Å². The summed E-state index contributed by atoms with van der Waals surface area (Å²) in [5, 5.41) is 0.638. The zero-order valence-electron chi connectivity index (χ0n) is 9.43. The van der Waals surface area contributed by atoms with Crippen LogP contribution in [0.2, 0.25) is 5.02 Å². The van der Waals surface area contributed by atoms with Crippen molar-refractivity contribution in [1.29, 1.82) is 0 Å². The highest BCUT2D eigenvalue weighted by atomic mass is 35.5. The topological polar surface area (TPSA) is 29.5 Å². The molecular weight excluding hydrogens is 238 g/mol. The van der Waals surface area contributed by atoms with E-state index in [0.29, 0.717) is 10.6 Å². The first kappa shape index (κ1) is 12.1. The zero-order chi connectivity index (χ0) is 12.1. The number of halogens is 1. The summed E-state index contributed by atoms with van der Waals surface area (Å²) in [5.41, 5.74) is 0.652. The van der Waals surface area contributed by atoms with Crippen molar-refractivity contribution in [3.05, 3.63) is 47.1 Å². The Balaban J connectivity index is 1.96. The van der Waals surface area contributed by atoms with Gasteiger partial charge in [0.15, 0.2) is 5.78 Å². The van der Waals surface area contributed by atoms with Crippen LogP contribution in [0.1, 0.15) is 10.4 Å². The monoisotopic (exact) mass is 251 g/mol. The van der Waals surface area contributed by atoms with E-state index in [1.807, 2.05) is 6.20 Å². The van der Waals surface area contributed by atoms with E-state index in [1.54, 1.807) is 30.3 Å². The fraction of sp³-hybridized carbons (Fsp3) is 0.308. The Bertz CT molecular complexity index is 408. The lowest BCUT2D eigenvalue weighted by Crippen LogP contribution is -2.32. The van der Waals surface area contributed by atoms with Gasteiger partial charge in [-0.3, -0.25) is 4.79 Å². The average Bonchev–Trinajstić information content (AvgIpc) is 2.38. The number of hydrogen-bond acceptors (Lipinski definition) is 3. The highest BCUT2D eigenvalue weighted by molar-refractivity contribution is 6.30. The number of rotatable bonds is 3. The summed E-state index contributed by atoms with van der Waals surface area (Å²) in [6, 6.07) is 6.90. The molecule has 0 bridgehead atoms. The quantitative estimate of drug-likeness (QED) is 0.610. The fourth-order valence-electron chi connectivity index (χ4n) is 1.61. The number of ketones is 1. The second kappa shape index (κ2) is 5.84. The zero-order valence-corrected chi connectivity index (χ0v) is 10.2. The molecule has 4 heteroatoms. The minimum atomic E-state index is -0.00633. The Morgan fingerprint density at radius 3 is 2.53 bits per heavy atom. The minimum absolute atomic E-state index is 0.00633. The number of nitrogens with zero attached hydrogens (tertiary/aromatic N) is 1. The molecule has 1 heterocycles. The fourth-order valence-corrected chi connectivity index (χ4v) is 1.74. The normalized spacial score (nSPS) is 16.4. The lowest BCUT2D eigenvalue weighted by Gasteiger charge is -2.24. The number of allylic oxidation sites excluding steroid dienone is 1. The van der Waals surface area contributed by atoms with Crippen LogP contribution in [-0.4, -0.2) is 37.0 Å². The molecule has 0 atom stereocenters. The maximum Gasteiger partial charge on any atom is 0.187 e. The van der Waals surface area contributed by atoms with Gasteiger partial charge in [0.25, 0.3) is 0 Å². The van der Waals surface area contributed by atoms with Crippen LogP contribution in [0.3, 0.4) is 0 Å². The van der Waals surface area contributed by atoms with Crippen molar-refractivity contribution in [2.24, 2.45) is 0 Å². The van der Waals surface area contributed by atoms with Crippen molar-refractivity contribution < 1.29 is 9.53 Å². The molecule has 1 aromatic carbocycles. The third-order valence-electron chi connectivity index (χ3n) is 2.61. The van der Waals surface area contributed by atoms with Gasteiger partial charge in [0.2, 0.25) is 0 Å². The first-order chi connectivity index (χ1) is 8.25. The summed E-state index contributed by atoms with van der Waals surface area (Å²) in [6.07, 6.45) is 3.42. The van der Waals surface area contributed by atoms with Crippen LogP contribution in [0.4, 0.5) is 0 Å². The van der Waals surface area contributed by atoms with E-state index in [0.717, 1.165) is 26.3 Å². The molecule has 0 unspecified atom stereocenters. The van der Waals surface area contributed by atoms with Gasteiger partial charge in [0.1, 0.15) is 0 Å². The van der Waals surface area contributed by atoms with Crippen molar-refractivity contribution in [2.45, 2.75) is 0 Å². The average molecular weight is 252 g/mol. The van der Waals surface area contributed by atoms with Crippen LogP contribution < -0.4 is 0 Å². The van der Waals surface area contributed by atoms with E-state index < -0.39 is 0 Å². The summed E-state index contributed by atoms with van der Waals surface area (Å²) in [5.74, 6) is -0.00633. The Morgan fingerprint density at radius 1 is 1.24 bits per heavy atom. The molecular formula is C13H14ClNO2. The second-order valence-electron chi connectivity index (χ2n) is 3.84. The van der Waals surface area contributed by atoms with Gasteiger partial charge < -0.3 is 9.64 Å². The molecule has 17 heavy (non-hydrogen) atoms. The molecule has 0 radical (unpaired) electrons. The molecule has 0 aromatic heterocycles. The molecule has 0 N–H and O–H groups in total. The lowest BCUT2D eigenvalue weighted by atomic mass is 10.1. The molecule has 1 saturated heterocycles. The highest BCUT2D eigenvalue weighted by Crippen LogP contribution is 2.10. The van der Waals surface area contributed by atoms with Crippen molar-refractivity contribution in [1.82, 2.24) is 4.90 Å². The molecule has 1 aliphatic heterocycles. The van der Waals surface area contributed by atoms with Crippen molar-refractivity contribution >= 4 is 17.4 Å². The van der Waals surface area contributed by atoms with Gasteiger partial charge in [-0.2, -0.15) is 0 Å². The molecule has 3 nitrogen and oxygen atoms in total. The van der Waals surface area contributed by atoms with E-state index in [4.69, 9.17) is 16.3 Å². The van der Waals surface area contributed by atoms with Gasteiger partial charge in [0, 0.05) is 36.0 Å². The highest BCUT2D eigenvalue weighted by Gasteiger charge is 2.06. The van der Waals surface area contributed by atoms with E-state index in [2.05, 4.69) is 4.90 Å². The van der Waals surface area contributed by atoms with E-state index >= 15 is 0 Å². The Hall–Kier alpha value is -1.32. The number of ether oxygens (including phenoxy) is 1. The predicted molar refractivity (Wildman–Crippen MR) is 67.3 cm³/mol. The molecule has 0 spiro atoms. The van der Waals surface area contributed by atoms with Crippen LogP contribution in [-0.2, 0) is 4.74 Å². The Morgan fingerprint density at radius 2 is 1.88 bits per heavy atom. The van der Waals surface area contributed by atoms with E-state index in [1.165, 1.54) is 0 Å².